The molecular formula is C22H17N5O4. The number of aromatic nitrogens is 2. The van der Waals surface area contributed by atoms with Crippen molar-refractivity contribution < 1.29 is 19.4 Å². The van der Waals surface area contributed by atoms with E-state index in [1.54, 1.807) is 43.3 Å². The third kappa shape index (κ3) is 3.26. The lowest BCUT2D eigenvalue weighted by Crippen LogP contribution is -2.22. The number of nitrogens with zero attached hydrogens (tertiary/aromatic N) is 3. The van der Waals surface area contributed by atoms with E-state index < -0.39 is 17.8 Å². The van der Waals surface area contributed by atoms with Crippen LogP contribution in [-0.2, 0) is 0 Å². The van der Waals surface area contributed by atoms with Crippen LogP contribution in [0.5, 0.6) is 5.88 Å². The molecule has 1 unspecified atom stereocenters. The van der Waals surface area contributed by atoms with Crippen LogP contribution in [0.4, 0.5) is 0 Å². The number of allylic oxidation sites excluding steroid dienone is 1. The number of aryl methyl sites for hydroxylation is 1. The highest BCUT2D eigenvalue weighted by molar-refractivity contribution is 5.92. The molecule has 2 aromatic carbocycles. The van der Waals surface area contributed by atoms with E-state index >= 15 is 0 Å². The van der Waals surface area contributed by atoms with Gasteiger partial charge in [0.25, 0.3) is 0 Å². The van der Waals surface area contributed by atoms with Gasteiger partial charge in [0.2, 0.25) is 17.7 Å². The SMILES string of the molecule is Cc1nn(-c2cccc(C(=O)O)c2)c2c1C(c1ccc(C(N)=O)cc1)C(C#N)=C(N)O2. The summed E-state index contributed by atoms with van der Waals surface area (Å²) in [7, 11) is 0. The Morgan fingerprint density at radius 2 is 1.90 bits per heavy atom. The van der Waals surface area contributed by atoms with Crippen molar-refractivity contribution in [1.82, 2.24) is 9.78 Å². The van der Waals surface area contributed by atoms with Crippen LogP contribution in [0.1, 0.15) is 43.5 Å². The summed E-state index contributed by atoms with van der Waals surface area (Å²) in [5.74, 6) is -1.99. The number of rotatable bonds is 4. The summed E-state index contributed by atoms with van der Waals surface area (Å²) in [6.45, 7) is 1.76. The minimum atomic E-state index is -1.07. The lowest BCUT2D eigenvalue weighted by atomic mass is 9.84. The fourth-order valence-corrected chi connectivity index (χ4v) is 3.63. The largest absolute Gasteiger partial charge is 0.478 e. The predicted octanol–water partition coefficient (Wildman–Crippen LogP) is 2.20. The molecule has 1 amide bonds. The van der Waals surface area contributed by atoms with Gasteiger partial charge in [0.05, 0.1) is 28.4 Å². The number of carbonyl (C=O) groups excluding carboxylic acids is 1. The Bertz CT molecular complexity index is 1300. The molecule has 9 nitrogen and oxygen atoms in total. The Labute approximate surface area is 176 Å². The number of ether oxygens (including phenoxy) is 1. The topological polar surface area (TPSA) is 157 Å². The molecule has 2 heterocycles. The summed E-state index contributed by atoms with van der Waals surface area (Å²) in [6.07, 6.45) is 0. The molecule has 9 heteroatoms. The molecule has 0 saturated carbocycles. The molecule has 4 rings (SSSR count). The fraction of sp³-hybridized carbons (Fsp3) is 0.0909. The second kappa shape index (κ2) is 7.35. The number of hydrogen-bond donors (Lipinski definition) is 3. The first-order chi connectivity index (χ1) is 14.8. The van der Waals surface area contributed by atoms with Gasteiger partial charge in [-0.15, -0.1) is 0 Å². The average molecular weight is 415 g/mol. The molecule has 0 saturated heterocycles. The van der Waals surface area contributed by atoms with Crippen molar-refractivity contribution in [1.29, 1.82) is 5.26 Å². The third-order valence-electron chi connectivity index (χ3n) is 5.10. The standard InChI is InChI=1S/C22H17N5O4/c1-11-17-18(12-5-7-13(8-6-12)19(24)28)16(10-23)20(25)31-21(17)27(26-11)15-4-2-3-14(9-15)22(29)30/h2-9,18H,25H2,1H3,(H2,24,28)(H,29,30). The van der Waals surface area contributed by atoms with Crippen LogP contribution in [0.2, 0.25) is 0 Å². The van der Waals surface area contributed by atoms with Gasteiger partial charge in [-0.2, -0.15) is 10.4 Å². The maximum atomic E-state index is 11.4. The molecule has 0 bridgehead atoms. The first-order valence-corrected chi connectivity index (χ1v) is 9.22. The third-order valence-corrected chi connectivity index (χ3v) is 5.10. The van der Waals surface area contributed by atoms with Crippen molar-refractivity contribution in [2.75, 3.05) is 0 Å². The molecule has 1 aromatic heterocycles. The number of amides is 1. The smallest absolute Gasteiger partial charge is 0.335 e. The molecule has 1 aliphatic heterocycles. The minimum Gasteiger partial charge on any atom is -0.478 e. The van der Waals surface area contributed by atoms with Crippen LogP contribution in [0.15, 0.2) is 60.0 Å². The second-order valence-corrected chi connectivity index (χ2v) is 6.98. The van der Waals surface area contributed by atoms with Gasteiger partial charge in [0, 0.05) is 5.56 Å². The first-order valence-electron chi connectivity index (χ1n) is 9.22. The molecule has 1 atom stereocenters. The number of primary amides is 1. The zero-order valence-electron chi connectivity index (χ0n) is 16.4. The lowest BCUT2D eigenvalue weighted by molar-refractivity contribution is 0.0696. The van der Waals surface area contributed by atoms with Crippen molar-refractivity contribution >= 4 is 11.9 Å². The zero-order chi connectivity index (χ0) is 22.3. The molecule has 3 aromatic rings. The quantitative estimate of drug-likeness (QED) is 0.589. The molecule has 154 valence electrons. The van der Waals surface area contributed by atoms with E-state index in [2.05, 4.69) is 11.2 Å². The van der Waals surface area contributed by atoms with E-state index in [4.69, 9.17) is 16.2 Å². The number of nitriles is 1. The van der Waals surface area contributed by atoms with Crippen molar-refractivity contribution in [2.24, 2.45) is 11.5 Å². The summed E-state index contributed by atoms with van der Waals surface area (Å²) in [6, 6.07) is 14.9. The highest BCUT2D eigenvalue weighted by Crippen LogP contribution is 2.44. The Morgan fingerprint density at radius 1 is 1.19 bits per heavy atom. The van der Waals surface area contributed by atoms with Gasteiger partial charge in [0.1, 0.15) is 11.6 Å². The van der Waals surface area contributed by atoms with Gasteiger partial charge in [-0.1, -0.05) is 18.2 Å². The summed E-state index contributed by atoms with van der Waals surface area (Å²) in [5, 5.41) is 23.6. The molecule has 0 aliphatic carbocycles. The Morgan fingerprint density at radius 3 is 2.52 bits per heavy atom. The van der Waals surface area contributed by atoms with Gasteiger partial charge < -0.3 is 21.3 Å². The summed E-state index contributed by atoms with van der Waals surface area (Å²) < 4.78 is 7.23. The summed E-state index contributed by atoms with van der Waals surface area (Å²) >= 11 is 0. The first kappa shape index (κ1) is 19.7. The highest BCUT2D eigenvalue weighted by atomic mass is 16.5. The van der Waals surface area contributed by atoms with Crippen molar-refractivity contribution in [2.45, 2.75) is 12.8 Å². The number of hydrogen-bond acceptors (Lipinski definition) is 6. The number of nitrogens with two attached hydrogens (primary N) is 2. The average Bonchev–Trinajstić information content (AvgIpc) is 3.08. The maximum Gasteiger partial charge on any atom is 0.335 e. The lowest BCUT2D eigenvalue weighted by Gasteiger charge is -2.25. The zero-order valence-corrected chi connectivity index (χ0v) is 16.4. The number of benzene rings is 2. The molecule has 1 aliphatic rings. The van der Waals surface area contributed by atoms with Crippen LogP contribution in [0, 0.1) is 18.3 Å². The van der Waals surface area contributed by atoms with Crippen LogP contribution in [0.25, 0.3) is 5.69 Å². The van der Waals surface area contributed by atoms with Crippen LogP contribution < -0.4 is 16.2 Å². The Balaban J connectivity index is 1.90. The number of carboxylic acids is 1. The number of fused-ring (bicyclic) bond motifs is 1. The van der Waals surface area contributed by atoms with Crippen LogP contribution >= 0.6 is 0 Å². The number of carboxylic acid groups (broad SMARTS) is 1. The van der Waals surface area contributed by atoms with Crippen LogP contribution in [0.3, 0.4) is 0 Å². The van der Waals surface area contributed by atoms with Gasteiger partial charge in [-0.25, -0.2) is 9.48 Å². The molecule has 0 radical (unpaired) electrons. The van der Waals surface area contributed by atoms with E-state index in [-0.39, 0.29) is 17.0 Å². The molecule has 0 spiro atoms. The predicted molar refractivity (Wildman–Crippen MR) is 110 cm³/mol. The van der Waals surface area contributed by atoms with Gasteiger partial charge >= 0.3 is 5.97 Å². The highest BCUT2D eigenvalue weighted by Gasteiger charge is 2.36. The van der Waals surface area contributed by atoms with Crippen molar-refractivity contribution in [3.05, 3.63) is 87.9 Å². The van der Waals surface area contributed by atoms with E-state index in [1.165, 1.54) is 16.8 Å². The van der Waals surface area contributed by atoms with E-state index in [9.17, 15) is 20.0 Å². The summed E-state index contributed by atoms with van der Waals surface area (Å²) in [4.78, 5) is 22.8. The fourth-order valence-electron chi connectivity index (χ4n) is 3.63. The monoisotopic (exact) mass is 415 g/mol. The maximum absolute atomic E-state index is 11.4. The number of carbonyl (C=O) groups is 2. The van der Waals surface area contributed by atoms with E-state index in [0.29, 0.717) is 34.0 Å². The Hall–Kier alpha value is -4.58. The van der Waals surface area contributed by atoms with E-state index in [0.717, 1.165) is 0 Å². The second-order valence-electron chi connectivity index (χ2n) is 6.98. The van der Waals surface area contributed by atoms with Gasteiger partial charge in [-0.3, -0.25) is 4.79 Å². The molecule has 5 N–H and O–H groups in total. The molecular weight excluding hydrogens is 398 g/mol. The van der Waals surface area contributed by atoms with Crippen molar-refractivity contribution in [3.63, 3.8) is 0 Å². The minimum absolute atomic E-state index is 0.0745. The summed E-state index contributed by atoms with van der Waals surface area (Å²) in [5.41, 5.74) is 14.4. The van der Waals surface area contributed by atoms with Crippen molar-refractivity contribution in [3.8, 4) is 17.6 Å². The Kier molecular flexibility index (Phi) is 4.68. The molecule has 31 heavy (non-hydrogen) atoms. The number of aromatic carboxylic acids is 1. The van der Waals surface area contributed by atoms with Gasteiger partial charge in [0.15, 0.2) is 0 Å². The van der Waals surface area contributed by atoms with Gasteiger partial charge in [-0.05, 0) is 42.8 Å². The molecule has 0 fully saturated rings. The van der Waals surface area contributed by atoms with Crippen LogP contribution in [-0.4, -0.2) is 26.8 Å². The normalized spacial score (nSPS) is 15.0. The van der Waals surface area contributed by atoms with E-state index in [1.807, 2.05) is 0 Å².